The van der Waals surface area contributed by atoms with Crippen molar-refractivity contribution in [3.05, 3.63) is 144 Å². The number of halogens is 2. The van der Waals surface area contributed by atoms with Crippen molar-refractivity contribution in [3.63, 3.8) is 0 Å². The smallest absolute Gasteiger partial charge is 0.0832 e. The fourth-order valence-electron chi connectivity index (χ4n) is 4.65. The van der Waals surface area contributed by atoms with Gasteiger partial charge in [-0.1, -0.05) is 102 Å². The average molecular weight is 505 g/mol. The molecule has 0 amide bonds. The predicted molar refractivity (Wildman–Crippen MR) is 153 cm³/mol. The van der Waals surface area contributed by atoms with E-state index >= 15 is 0 Å². The number of benzene rings is 5. The summed E-state index contributed by atoms with van der Waals surface area (Å²) in [6.45, 7) is 0. The number of anilines is 3. The molecule has 0 bridgehead atoms. The maximum absolute atomic E-state index is 6.81. The number of para-hydroxylation sites is 2. The Morgan fingerprint density at radius 2 is 1.22 bits per heavy atom. The summed E-state index contributed by atoms with van der Waals surface area (Å²) in [5.74, 6) is 0. The third kappa shape index (κ3) is 4.05. The van der Waals surface area contributed by atoms with Gasteiger partial charge in [0.1, 0.15) is 0 Å². The van der Waals surface area contributed by atoms with Gasteiger partial charge in [0.15, 0.2) is 0 Å². The fourth-order valence-corrected chi connectivity index (χ4v) is 5.03. The Morgan fingerprint density at radius 1 is 0.556 bits per heavy atom. The highest BCUT2D eigenvalue weighted by atomic mass is 35.5. The van der Waals surface area contributed by atoms with E-state index in [9.17, 15) is 0 Å². The van der Waals surface area contributed by atoms with E-state index in [4.69, 9.17) is 23.2 Å². The van der Waals surface area contributed by atoms with Crippen LogP contribution in [0.15, 0.2) is 134 Å². The van der Waals surface area contributed by atoms with Crippen LogP contribution in [0.3, 0.4) is 0 Å². The normalized spacial score (nSPS) is 11.1. The molecule has 6 rings (SSSR count). The Balaban J connectivity index is 1.67. The minimum absolute atomic E-state index is 0.517. The Morgan fingerprint density at radius 3 is 1.94 bits per heavy atom. The lowest BCUT2D eigenvalue weighted by Crippen LogP contribution is -2.10. The number of nitrogens with zero attached hydrogens (tertiary/aromatic N) is 2. The molecule has 36 heavy (non-hydrogen) atoms. The van der Waals surface area contributed by atoms with Crippen molar-refractivity contribution < 1.29 is 0 Å². The quantitative estimate of drug-likeness (QED) is 0.226. The predicted octanol–water partition coefficient (Wildman–Crippen LogP) is 10.1. The summed E-state index contributed by atoms with van der Waals surface area (Å²) in [5, 5.41) is 2.15. The van der Waals surface area contributed by atoms with Gasteiger partial charge in [-0.25, -0.2) is 0 Å². The molecular weight excluding hydrogens is 483 g/mol. The third-order valence-corrected chi connectivity index (χ3v) is 7.16. The van der Waals surface area contributed by atoms with Crippen LogP contribution in [0.2, 0.25) is 10.0 Å². The molecule has 4 heteroatoms. The lowest BCUT2D eigenvalue weighted by atomic mass is 10.0. The van der Waals surface area contributed by atoms with Crippen LogP contribution in [0.1, 0.15) is 0 Å². The van der Waals surface area contributed by atoms with E-state index in [0.29, 0.717) is 10.0 Å². The molecule has 2 nitrogen and oxygen atoms in total. The largest absolute Gasteiger partial charge is 0.314 e. The molecule has 5 aromatic carbocycles. The molecule has 0 aliphatic carbocycles. The third-order valence-electron chi connectivity index (χ3n) is 6.35. The highest BCUT2D eigenvalue weighted by molar-refractivity contribution is 6.44. The van der Waals surface area contributed by atoms with Crippen molar-refractivity contribution in [1.29, 1.82) is 0 Å². The van der Waals surface area contributed by atoms with Crippen molar-refractivity contribution in [2.24, 2.45) is 0 Å². The molecule has 0 aliphatic heterocycles. The second kappa shape index (κ2) is 9.58. The van der Waals surface area contributed by atoms with Gasteiger partial charge in [0.25, 0.3) is 0 Å². The maximum Gasteiger partial charge on any atom is 0.0832 e. The molecule has 0 atom stereocenters. The first-order valence-electron chi connectivity index (χ1n) is 11.8. The van der Waals surface area contributed by atoms with Crippen LogP contribution in [0.25, 0.3) is 27.7 Å². The summed E-state index contributed by atoms with van der Waals surface area (Å²) in [6.07, 6.45) is 2.18. The molecule has 0 spiro atoms. The van der Waals surface area contributed by atoms with Crippen molar-refractivity contribution in [2.75, 3.05) is 4.90 Å². The van der Waals surface area contributed by atoms with E-state index in [1.165, 1.54) is 5.56 Å². The standard InChI is InChI=1S/C32H22Cl2N2/c33-28-17-10-18-30(32(28)34)36(26-15-8-3-9-16-26)31-22-35(25-13-6-2-7-14-25)29-20-19-24(21-27(29)31)23-11-4-1-5-12-23/h1-22H. The molecule has 0 fully saturated rings. The SMILES string of the molecule is Clc1cccc(N(c2ccccc2)c2cn(-c3ccccc3)c3ccc(-c4ccccc4)cc23)c1Cl. The van der Waals surface area contributed by atoms with Crippen LogP contribution < -0.4 is 4.90 Å². The molecule has 0 saturated heterocycles. The Hall–Kier alpha value is -3.98. The highest BCUT2D eigenvalue weighted by Gasteiger charge is 2.22. The van der Waals surface area contributed by atoms with Crippen LogP contribution in [0.4, 0.5) is 17.1 Å². The lowest BCUT2D eigenvalue weighted by Gasteiger charge is -2.26. The first-order chi connectivity index (χ1) is 17.7. The molecule has 0 aliphatic rings. The van der Waals surface area contributed by atoms with E-state index in [0.717, 1.165) is 39.2 Å². The van der Waals surface area contributed by atoms with Gasteiger partial charge in [-0.05, 0) is 59.7 Å². The average Bonchev–Trinajstić information content (AvgIpc) is 3.31. The zero-order chi connectivity index (χ0) is 24.5. The number of rotatable bonds is 5. The van der Waals surface area contributed by atoms with Gasteiger partial charge in [-0.2, -0.15) is 0 Å². The molecule has 0 saturated carbocycles. The number of fused-ring (bicyclic) bond motifs is 1. The van der Waals surface area contributed by atoms with Gasteiger partial charge in [0.2, 0.25) is 0 Å². The van der Waals surface area contributed by atoms with Gasteiger partial charge in [0, 0.05) is 23.0 Å². The van der Waals surface area contributed by atoms with Crippen molar-refractivity contribution >= 4 is 51.2 Å². The van der Waals surface area contributed by atoms with Gasteiger partial charge in [-0.15, -0.1) is 0 Å². The maximum atomic E-state index is 6.81. The Kier molecular flexibility index (Phi) is 5.98. The Bertz CT molecular complexity index is 1640. The summed E-state index contributed by atoms with van der Waals surface area (Å²) in [6, 6.07) is 43.5. The van der Waals surface area contributed by atoms with Crippen LogP contribution >= 0.6 is 23.2 Å². The van der Waals surface area contributed by atoms with Gasteiger partial charge < -0.3 is 9.47 Å². The van der Waals surface area contributed by atoms with Gasteiger partial charge >= 0.3 is 0 Å². The van der Waals surface area contributed by atoms with E-state index in [1.807, 2.05) is 48.5 Å². The first kappa shape index (κ1) is 22.5. The minimum atomic E-state index is 0.517. The molecule has 6 aromatic rings. The molecule has 0 N–H and O–H groups in total. The summed E-state index contributed by atoms with van der Waals surface area (Å²) in [7, 11) is 0. The first-order valence-corrected chi connectivity index (χ1v) is 12.5. The van der Waals surface area contributed by atoms with E-state index in [2.05, 4.69) is 94.5 Å². The number of aromatic nitrogens is 1. The Labute approximate surface area is 220 Å². The molecular formula is C32H22Cl2N2. The number of hydrogen-bond donors (Lipinski definition) is 0. The van der Waals surface area contributed by atoms with Crippen LogP contribution in [0, 0.1) is 0 Å². The monoisotopic (exact) mass is 504 g/mol. The van der Waals surface area contributed by atoms with E-state index < -0.39 is 0 Å². The zero-order valence-corrected chi connectivity index (χ0v) is 20.9. The van der Waals surface area contributed by atoms with Crippen LogP contribution in [0.5, 0.6) is 0 Å². The van der Waals surface area contributed by atoms with Gasteiger partial charge in [0.05, 0.1) is 26.9 Å². The zero-order valence-electron chi connectivity index (χ0n) is 19.4. The van der Waals surface area contributed by atoms with Crippen molar-refractivity contribution in [2.45, 2.75) is 0 Å². The molecule has 1 heterocycles. The molecule has 0 radical (unpaired) electrons. The van der Waals surface area contributed by atoms with Crippen molar-refractivity contribution in [3.8, 4) is 16.8 Å². The molecule has 0 unspecified atom stereocenters. The van der Waals surface area contributed by atoms with Crippen LogP contribution in [-0.4, -0.2) is 4.57 Å². The van der Waals surface area contributed by atoms with E-state index in [1.54, 1.807) is 0 Å². The lowest BCUT2D eigenvalue weighted by molar-refractivity contribution is 1.12. The highest BCUT2D eigenvalue weighted by Crippen LogP contribution is 2.45. The minimum Gasteiger partial charge on any atom is -0.314 e. The molecule has 174 valence electrons. The van der Waals surface area contributed by atoms with Gasteiger partial charge in [-0.3, -0.25) is 0 Å². The summed E-state index contributed by atoms with van der Waals surface area (Å²) < 4.78 is 2.23. The number of hydrogen-bond acceptors (Lipinski definition) is 1. The molecule has 1 aromatic heterocycles. The second-order valence-electron chi connectivity index (χ2n) is 8.56. The summed E-state index contributed by atoms with van der Waals surface area (Å²) >= 11 is 13.3. The fraction of sp³-hybridized carbons (Fsp3) is 0. The van der Waals surface area contributed by atoms with Crippen molar-refractivity contribution in [1.82, 2.24) is 4.57 Å². The summed E-state index contributed by atoms with van der Waals surface area (Å²) in [5.41, 5.74) is 7.36. The van der Waals surface area contributed by atoms with E-state index in [-0.39, 0.29) is 0 Å². The topological polar surface area (TPSA) is 8.17 Å². The summed E-state index contributed by atoms with van der Waals surface area (Å²) in [4.78, 5) is 2.19. The van der Waals surface area contributed by atoms with Crippen LogP contribution in [-0.2, 0) is 0 Å². The second-order valence-corrected chi connectivity index (χ2v) is 9.35.